The van der Waals surface area contributed by atoms with Crippen molar-refractivity contribution in [2.24, 2.45) is 0 Å². The molecule has 1 aromatic rings. The van der Waals surface area contributed by atoms with Crippen LogP contribution >= 0.6 is 15.9 Å². The highest BCUT2D eigenvalue weighted by molar-refractivity contribution is 9.10. The first-order valence-electron chi connectivity index (χ1n) is 8.28. The lowest BCUT2D eigenvalue weighted by molar-refractivity contribution is -0.123. The van der Waals surface area contributed by atoms with Crippen LogP contribution in [0.15, 0.2) is 28.7 Å². The van der Waals surface area contributed by atoms with Crippen molar-refractivity contribution >= 4 is 27.9 Å². The minimum atomic E-state index is -0.505. The zero-order valence-corrected chi connectivity index (χ0v) is 15.9. The van der Waals surface area contributed by atoms with Crippen LogP contribution in [0.5, 0.6) is 0 Å². The largest absolute Gasteiger partial charge is 0.354 e. The summed E-state index contributed by atoms with van der Waals surface area (Å²) in [7, 11) is 1.87. The van der Waals surface area contributed by atoms with Crippen LogP contribution in [-0.2, 0) is 11.3 Å². The van der Waals surface area contributed by atoms with Crippen LogP contribution in [0.3, 0.4) is 0 Å². The molecule has 0 aliphatic carbocycles. The first-order chi connectivity index (χ1) is 11.6. The molecule has 4 N–H and O–H groups in total. The summed E-state index contributed by atoms with van der Waals surface area (Å²) >= 11 is 3.37. The maximum Gasteiger partial charge on any atom is 0.315 e. The number of urea groups is 1. The van der Waals surface area contributed by atoms with Crippen molar-refractivity contribution in [2.45, 2.75) is 38.8 Å². The van der Waals surface area contributed by atoms with Gasteiger partial charge in [0.25, 0.3) is 0 Å². The molecule has 0 aliphatic rings. The molecular formula is C17H27BrN4O2. The Morgan fingerprint density at radius 2 is 1.83 bits per heavy atom. The summed E-state index contributed by atoms with van der Waals surface area (Å²) < 4.78 is 0.994. The highest BCUT2D eigenvalue weighted by atomic mass is 79.9. The molecule has 24 heavy (non-hydrogen) atoms. The Morgan fingerprint density at radius 3 is 2.46 bits per heavy atom. The molecule has 0 radical (unpaired) electrons. The summed E-state index contributed by atoms with van der Waals surface area (Å²) in [5.74, 6) is -0.133. The molecule has 6 nitrogen and oxygen atoms in total. The topological polar surface area (TPSA) is 82.3 Å². The van der Waals surface area contributed by atoms with E-state index in [-0.39, 0.29) is 11.9 Å². The van der Waals surface area contributed by atoms with Gasteiger partial charge in [0, 0.05) is 17.6 Å². The summed E-state index contributed by atoms with van der Waals surface area (Å²) in [4.78, 5) is 24.2. The third-order valence-corrected chi connectivity index (χ3v) is 4.00. The third kappa shape index (κ3) is 8.31. The molecule has 134 valence electrons. The molecule has 0 saturated heterocycles. The fraction of sp³-hybridized carbons (Fsp3) is 0.529. The minimum Gasteiger partial charge on any atom is -0.354 e. The smallest absolute Gasteiger partial charge is 0.315 e. The first-order valence-corrected chi connectivity index (χ1v) is 9.07. The summed E-state index contributed by atoms with van der Waals surface area (Å²) in [5.41, 5.74) is 0.997. The second-order valence-corrected chi connectivity index (χ2v) is 6.46. The van der Waals surface area contributed by atoms with Crippen molar-refractivity contribution in [3.8, 4) is 0 Å². The number of benzene rings is 1. The van der Waals surface area contributed by atoms with E-state index >= 15 is 0 Å². The molecule has 0 aromatic heterocycles. The van der Waals surface area contributed by atoms with Gasteiger partial charge in [-0.1, -0.05) is 41.4 Å². The zero-order chi connectivity index (χ0) is 17.8. The van der Waals surface area contributed by atoms with Gasteiger partial charge in [-0.25, -0.2) is 4.79 Å². The van der Waals surface area contributed by atoms with Crippen LogP contribution < -0.4 is 21.3 Å². The van der Waals surface area contributed by atoms with E-state index in [0.29, 0.717) is 19.5 Å². The Hall–Kier alpha value is -1.60. The van der Waals surface area contributed by atoms with Crippen LogP contribution in [-0.4, -0.2) is 38.1 Å². The number of rotatable bonds is 10. The average Bonchev–Trinajstić information content (AvgIpc) is 2.57. The van der Waals surface area contributed by atoms with E-state index in [4.69, 9.17) is 0 Å². The molecule has 7 heteroatoms. The van der Waals surface area contributed by atoms with E-state index in [1.54, 1.807) is 0 Å². The lowest BCUT2D eigenvalue weighted by atomic mass is 10.1. The van der Waals surface area contributed by atoms with Crippen molar-refractivity contribution in [1.82, 2.24) is 21.3 Å². The summed E-state index contributed by atoms with van der Waals surface area (Å²) in [6, 6.07) is 6.88. The van der Waals surface area contributed by atoms with Gasteiger partial charge in [-0.05, 0) is 44.1 Å². The molecule has 0 saturated carbocycles. The van der Waals surface area contributed by atoms with Crippen LogP contribution in [0.4, 0.5) is 4.79 Å². The number of amides is 3. The van der Waals surface area contributed by atoms with E-state index < -0.39 is 6.04 Å². The highest BCUT2D eigenvalue weighted by Crippen LogP contribution is 2.10. The fourth-order valence-corrected chi connectivity index (χ4v) is 2.42. The van der Waals surface area contributed by atoms with Gasteiger partial charge in [-0.15, -0.1) is 0 Å². The number of carbonyl (C=O) groups excluding carboxylic acids is 2. The van der Waals surface area contributed by atoms with Gasteiger partial charge >= 0.3 is 6.03 Å². The van der Waals surface area contributed by atoms with E-state index in [9.17, 15) is 9.59 Å². The number of hydrogen-bond acceptors (Lipinski definition) is 3. The Kier molecular flexibility index (Phi) is 10.1. The predicted octanol–water partition coefficient (Wildman–Crippen LogP) is 2.14. The van der Waals surface area contributed by atoms with Gasteiger partial charge in [-0.3, -0.25) is 4.79 Å². The molecule has 1 aromatic carbocycles. The van der Waals surface area contributed by atoms with Crippen LogP contribution in [0.25, 0.3) is 0 Å². The SMILES string of the molecule is CCCC(NC(=O)NCc1ccc(Br)cc1)C(=O)NCCCNC. The molecule has 1 rings (SSSR count). The van der Waals surface area contributed by atoms with E-state index in [1.807, 2.05) is 38.2 Å². The Bertz CT molecular complexity index is 508. The lowest BCUT2D eigenvalue weighted by Crippen LogP contribution is -2.50. The van der Waals surface area contributed by atoms with Crippen molar-refractivity contribution in [2.75, 3.05) is 20.1 Å². The van der Waals surface area contributed by atoms with Crippen molar-refractivity contribution in [3.63, 3.8) is 0 Å². The Balaban J connectivity index is 2.40. The Morgan fingerprint density at radius 1 is 1.12 bits per heavy atom. The highest BCUT2D eigenvalue weighted by Gasteiger charge is 2.19. The second-order valence-electron chi connectivity index (χ2n) is 5.54. The number of nitrogens with one attached hydrogen (secondary N) is 4. The summed E-state index contributed by atoms with van der Waals surface area (Å²) in [5, 5.41) is 11.4. The molecule has 0 spiro atoms. The number of halogens is 1. The molecule has 3 amide bonds. The van der Waals surface area contributed by atoms with Gasteiger partial charge in [0.15, 0.2) is 0 Å². The number of carbonyl (C=O) groups is 2. The number of hydrogen-bond donors (Lipinski definition) is 4. The van der Waals surface area contributed by atoms with Crippen molar-refractivity contribution < 1.29 is 9.59 Å². The van der Waals surface area contributed by atoms with Crippen molar-refractivity contribution in [1.29, 1.82) is 0 Å². The van der Waals surface area contributed by atoms with E-state index in [0.717, 1.165) is 29.4 Å². The zero-order valence-electron chi connectivity index (χ0n) is 14.3. The second kappa shape index (κ2) is 11.9. The van der Waals surface area contributed by atoms with Gasteiger partial charge in [-0.2, -0.15) is 0 Å². The third-order valence-electron chi connectivity index (χ3n) is 3.47. The molecule has 0 aliphatic heterocycles. The van der Waals surface area contributed by atoms with E-state index in [1.165, 1.54) is 0 Å². The van der Waals surface area contributed by atoms with Gasteiger partial charge in [0.2, 0.25) is 5.91 Å². The fourth-order valence-electron chi connectivity index (χ4n) is 2.15. The normalized spacial score (nSPS) is 11.6. The van der Waals surface area contributed by atoms with Gasteiger partial charge in [0.05, 0.1) is 0 Å². The van der Waals surface area contributed by atoms with Gasteiger partial charge < -0.3 is 21.3 Å². The Labute approximate surface area is 152 Å². The van der Waals surface area contributed by atoms with E-state index in [2.05, 4.69) is 37.2 Å². The first kappa shape index (κ1) is 20.4. The lowest BCUT2D eigenvalue weighted by Gasteiger charge is -2.18. The average molecular weight is 399 g/mol. The molecule has 0 bridgehead atoms. The maximum atomic E-state index is 12.2. The van der Waals surface area contributed by atoms with Crippen molar-refractivity contribution in [3.05, 3.63) is 34.3 Å². The predicted molar refractivity (Wildman–Crippen MR) is 99.8 cm³/mol. The maximum absolute atomic E-state index is 12.2. The molecule has 0 fully saturated rings. The van der Waals surface area contributed by atoms with Gasteiger partial charge in [0.1, 0.15) is 6.04 Å². The standard InChI is InChI=1S/C17H27BrN4O2/c1-3-5-15(16(23)20-11-4-10-19-2)22-17(24)21-12-13-6-8-14(18)9-7-13/h6-9,15,19H,3-5,10-12H2,1-2H3,(H,20,23)(H2,21,22,24). The summed E-state index contributed by atoms with van der Waals surface area (Å²) in [6.07, 6.45) is 2.29. The summed E-state index contributed by atoms with van der Waals surface area (Å²) in [6.45, 7) is 3.85. The molecule has 1 atom stereocenters. The van der Waals surface area contributed by atoms with Crippen LogP contribution in [0.2, 0.25) is 0 Å². The van der Waals surface area contributed by atoms with Crippen LogP contribution in [0, 0.1) is 0 Å². The monoisotopic (exact) mass is 398 g/mol. The molecule has 1 unspecified atom stereocenters. The minimum absolute atomic E-state index is 0.133. The molecular weight excluding hydrogens is 372 g/mol. The quantitative estimate of drug-likeness (QED) is 0.455. The van der Waals surface area contributed by atoms with Crippen LogP contribution in [0.1, 0.15) is 31.7 Å². The molecule has 0 heterocycles.